The lowest BCUT2D eigenvalue weighted by molar-refractivity contribution is 0.171. The maximum Gasteiger partial charge on any atom is 0.315 e. The Morgan fingerprint density at radius 1 is 1.21 bits per heavy atom. The van der Waals surface area contributed by atoms with Crippen molar-refractivity contribution in [3.8, 4) is 11.5 Å². The maximum absolute atomic E-state index is 12.0. The number of ether oxygens (including phenoxy) is 2. The predicted octanol–water partition coefficient (Wildman–Crippen LogP) is 2.46. The second kappa shape index (κ2) is 7.68. The molecule has 0 radical (unpaired) electrons. The van der Waals surface area contributed by atoms with Crippen molar-refractivity contribution >= 4 is 6.03 Å². The molecule has 0 aliphatic carbocycles. The Morgan fingerprint density at radius 3 is 2.83 bits per heavy atom. The molecule has 2 N–H and O–H groups in total. The molecule has 2 heterocycles. The molecule has 126 valence electrons. The van der Waals surface area contributed by atoms with Crippen LogP contribution in [0.15, 0.2) is 42.6 Å². The molecule has 1 aliphatic heterocycles. The van der Waals surface area contributed by atoms with E-state index < -0.39 is 0 Å². The molecule has 24 heavy (non-hydrogen) atoms. The van der Waals surface area contributed by atoms with Crippen LogP contribution in [0.1, 0.15) is 24.2 Å². The van der Waals surface area contributed by atoms with Crippen LogP contribution in [-0.2, 0) is 6.42 Å². The molecule has 0 bridgehead atoms. The van der Waals surface area contributed by atoms with Gasteiger partial charge in [-0.25, -0.2) is 4.79 Å². The van der Waals surface area contributed by atoms with E-state index in [0.717, 1.165) is 29.2 Å². The molecule has 0 spiro atoms. The molecular formula is C18H21N3O3. The molecular weight excluding hydrogens is 306 g/mol. The van der Waals surface area contributed by atoms with Crippen molar-refractivity contribution in [1.29, 1.82) is 0 Å². The molecule has 1 atom stereocenters. The Labute approximate surface area is 141 Å². The Kier molecular flexibility index (Phi) is 5.15. The number of aromatic nitrogens is 1. The topological polar surface area (TPSA) is 72.5 Å². The number of nitrogens with one attached hydrogen (secondary N) is 2. The second-order valence-corrected chi connectivity index (χ2v) is 5.60. The normalized spacial score (nSPS) is 13.9. The van der Waals surface area contributed by atoms with E-state index in [1.54, 1.807) is 6.20 Å². The summed E-state index contributed by atoms with van der Waals surface area (Å²) >= 11 is 0. The Hall–Kier alpha value is -2.76. The summed E-state index contributed by atoms with van der Waals surface area (Å²) in [5, 5.41) is 5.74. The second-order valence-electron chi connectivity index (χ2n) is 5.60. The zero-order valence-electron chi connectivity index (χ0n) is 13.6. The largest absolute Gasteiger partial charge is 0.486 e. The zero-order chi connectivity index (χ0) is 16.8. The van der Waals surface area contributed by atoms with Gasteiger partial charge in [0.15, 0.2) is 11.5 Å². The third kappa shape index (κ3) is 4.16. The van der Waals surface area contributed by atoms with Gasteiger partial charge in [0, 0.05) is 12.7 Å². The molecule has 6 nitrogen and oxygen atoms in total. The van der Waals surface area contributed by atoms with Gasteiger partial charge in [-0.15, -0.1) is 0 Å². The number of hydrogen-bond donors (Lipinski definition) is 2. The number of benzene rings is 1. The first-order valence-corrected chi connectivity index (χ1v) is 8.06. The SMILES string of the molecule is C[C@H](NC(=O)NCCc1ccc2c(c1)OCCO2)c1ccccn1. The quantitative estimate of drug-likeness (QED) is 0.885. The average molecular weight is 327 g/mol. The Bertz CT molecular complexity index is 691. The van der Waals surface area contributed by atoms with Crippen molar-refractivity contribution in [2.75, 3.05) is 19.8 Å². The van der Waals surface area contributed by atoms with Crippen LogP contribution in [0.25, 0.3) is 0 Å². The smallest absolute Gasteiger partial charge is 0.315 e. The lowest BCUT2D eigenvalue weighted by Gasteiger charge is -2.19. The van der Waals surface area contributed by atoms with Gasteiger partial charge < -0.3 is 20.1 Å². The highest BCUT2D eigenvalue weighted by Gasteiger charge is 2.12. The summed E-state index contributed by atoms with van der Waals surface area (Å²) in [4.78, 5) is 16.2. The monoisotopic (exact) mass is 327 g/mol. The van der Waals surface area contributed by atoms with E-state index in [0.29, 0.717) is 19.8 Å². The summed E-state index contributed by atoms with van der Waals surface area (Å²) in [6.07, 6.45) is 2.44. The van der Waals surface area contributed by atoms with E-state index in [9.17, 15) is 4.79 Å². The molecule has 0 saturated carbocycles. The summed E-state index contributed by atoms with van der Waals surface area (Å²) in [5.74, 6) is 1.55. The Balaban J connectivity index is 1.45. The number of pyridine rings is 1. The van der Waals surface area contributed by atoms with Crippen molar-refractivity contribution in [3.05, 3.63) is 53.9 Å². The first kappa shape index (κ1) is 16.1. The molecule has 0 fully saturated rings. The van der Waals surface area contributed by atoms with Gasteiger partial charge in [0.1, 0.15) is 13.2 Å². The van der Waals surface area contributed by atoms with Crippen molar-refractivity contribution < 1.29 is 14.3 Å². The van der Waals surface area contributed by atoms with Crippen molar-refractivity contribution in [1.82, 2.24) is 15.6 Å². The van der Waals surface area contributed by atoms with Gasteiger partial charge in [0.05, 0.1) is 11.7 Å². The highest BCUT2D eigenvalue weighted by atomic mass is 16.6. The van der Waals surface area contributed by atoms with E-state index in [1.807, 2.05) is 43.3 Å². The molecule has 2 aromatic rings. The fraction of sp³-hybridized carbons (Fsp3) is 0.333. The van der Waals surface area contributed by atoms with Gasteiger partial charge in [-0.1, -0.05) is 12.1 Å². The summed E-state index contributed by atoms with van der Waals surface area (Å²) in [5.41, 5.74) is 1.93. The molecule has 1 aromatic carbocycles. The van der Waals surface area contributed by atoms with Crippen molar-refractivity contribution in [2.45, 2.75) is 19.4 Å². The van der Waals surface area contributed by atoms with Crippen LogP contribution in [0.2, 0.25) is 0 Å². The number of rotatable bonds is 5. The van der Waals surface area contributed by atoms with Gasteiger partial charge in [0.2, 0.25) is 0 Å². The third-order valence-corrected chi connectivity index (χ3v) is 3.78. The van der Waals surface area contributed by atoms with Gasteiger partial charge in [-0.3, -0.25) is 4.98 Å². The highest BCUT2D eigenvalue weighted by molar-refractivity contribution is 5.74. The molecule has 0 unspecified atom stereocenters. The van der Waals surface area contributed by atoms with Crippen LogP contribution in [0.5, 0.6) is 11.5 Å². The summed E-state index contributed by atoms with van der Waals surface area (Å²) in [6.45, 7) is 3.61. The lowest BCUT2D eigenvalue weighted by Crippen LogP contribution is -2.38. The highest BCUT2D eigenvalue weighted by Crippen LogP contribution is 2.30. The van der Waals surface area contributed by atoms with Crippen LogP contribution in [0.3, 0.4) is 0 Å². The van der Waals surface area contributed by atoms with Crippen molar-refractivity contribution in [3.63, 3.8) is 0 Å². The number of nitrogens with zero attached hydrogens (tertiary/aromatic N) is 1. The molecule has 6 heteroatoms. The fourth-order valence-corrected chi connectivity index (χ4v) is 2.52. The van der Waals surface area contributed by atoms with Crippen LogP contribution >= 0.6 is 0 Å². The number of carbonyl (C=O) groups excluding carboxylic acids is 1. The minimum absolute atomic E-state index is 0.138. The van der Waals surface area contributed by atoms with Gasteiger partial charge in [-0.2, -0.15) is 0 Å². The first-order valence-electron chi connectivity index (χ1n) is 8.06. The minimum atomic E-state index is -0.203. The van der Waals surface area contributed by atoms with Gasteiger partial charge >= 0.3 is 6.03 Å². The van der Waals surface area contributed by atoms with Crippen LogP contribution < -0.4 is 20.1 Å². The standard InChI is InChI=1S/C18H21N3O3/c1-13(15-4-2-3-8-19-15)21-18(22)20-9-7-14-5-6-16-17(12-14)24-11-10-23-16/h2-6,8,12-13H,7,9-11H2,1H3,(H2,20,21,22)/t13-/m0/s1. The van der Waals surface area contributed by atoms with E-state index >= 15 is 0 Å². The van der Waals surface area contributed by atoms with E-state index in [4.69, 9.17) is 9.47 Å². The molecule has 1 aromatic heterocycles. The van der Waals surface area contributed by atoms with E-state index in [2.05, 4.69) is 15.6 Å². The van der Waals surface area contributed by atoms with E-state index in [1.165, 1.54) is 0 Å². The van der Waals surface area contributed by atoms with E-state index in [-0.39, 0.29) is 12.1 Å². The van der Waals surface area contributed by atoms with Gasteiger partial charge in [-0.05, 0) is 43.2 Å². The zero-order valence-corrected chi connectivity index (χ0v) is 13.6. The molecule has 1 aliphatic rings. The number of urea groups is 1. The fourth-order valence-electron chi connectivity index (χ4n) is 2.52. The first-order chi connectivity index (χ1) is 11.7. The number of amides is 2. The van der Waals surface area contributed by atoms with Gasteiger partial charge in [0.25, 0.3) is 0 Å². The molecule has 2 amide bonds. The molecule has 3 rings (SSSR count). The molecule has 0 saturated heterocycles. The average Bonchev–Trinajstić information content (AvgIpc) is 2.62. The summed E-state index contributed by atoms with van der Waals surface area (Å²) in [7, 11) is 0. The number of fused-ring (bicyclic) bond motifs is 1. The van der Waals surface area contributed by atoms with Crippen LogP contribution in [-0.4, -0.2) is 30.8 Å². The lowest BCUT2D eigenvalue weighted by atomic mass is 10.1. The van der Waals surface area contributed by atoms with Crippen LogP contribution in [0.4, 0.5) is 4.79 Å². The summed E-state index contributed by atoms with van der Waals surface area (Å²) < 4.78 is 11.1. The summed E-state index contributed by atoms with van der Waals surface area (Å²) in [6, 6.07) is 11.2. The number of carbonyl (C=O) groups is 1. The Morgan fingerprint density at radius 2 is 2.04 bits per heavy atom. The maximum atomic E-state index is 12.0. The third-order valence-electron chi connectivity index (χ3n) is 3.78. The predicted molar refractivity (Wildman–Crippen MR) is 90.3 cm³/mol. The number of hydrogen-bond acceptors (Lipinski definition) is 4. The minimum Gasteiger partial charge on any atom is -0.486 e. The van der Waals surface area contributed by atoms with Crippen LogP contribution in [0, 0.1) is 0 Å². The van der Waals surface area contributed by atoms with Crippen molar-refractivity contribution in [2.24, 2.45) is 0 Å².